The van der Waals surface area contributed by atoms with Gasteiger partial charge in [-0.15, -0.1) is 5.10 Å². The number of likely N-dealkylation sites (tertiary alicyclic amines) is 2. The highest BCUT2D eigenvalue weighted by atomic mass is 35.5. The SMILES string of the molecule is CC(C)(C)S(=O)(=O)c1ccc(C2CN(C(=O)N3CC[C@H](c4cnn[nH]4)C3)C2)c(Cl)c1. The van der Waals surface area contributed by atoms with E-state index in [1.165, 1.54) is 6.07 Å². The summed E-state index contributed by atoms with van der Waals surface area (Å²) in [6.07, 6.45) is 2.60. The molecular formula is C20H26ClN5O3S. The molecule has 1 atom stereocenters. The van der Waals surface area contributed by atoms with Crippen LogP contribution in [0.3, 0.4) is 0 Å². The zero-order chi connectivity index (χ0) is 21.7. The standard InChI is InChI=1S/C20H26ClN5O3S/c1-20(2,3)30(28,29)15-4-5-16(17(21)8-15)14-11-26(12-14)19(27)25-7-6-13(10-25)18-9-22-24-23-18/h4-5,8-9,13-14H,6-7,10-12H2,1-3H3,(H,22,23,24)/t13-/m0/s1. The highest BCUT2D eigenvalue weighted by Crippen LogP contribution is 2.36. The van der Waals surface area contributed by atoms with Crippen molar-refractivity contribution in [3.8, 4) is 0 Å². The molecule has 1 aromatic carbocycles. The number of benzene rings is 1. The van der Waals surface area contributed by atoms with Crippen molar-refractivity contribution in [1.29, 1.82) is 0 Å². The fraction of sp³-hybridized carbons (Fsp3) is 0.550. The van der Waals surface area contributed by atoms with Crippen LogP contribution in [0, 0.1) is 0 Å². The lowest BCUT2D eigenvalue weighted by Crippen LogP contribution is -2.53. The lowest BCUT2D eigenvalue weighted by Gasteiger charge is -2.41. The lowest BCUT2D eigenvalue weighted by molar-refractivity contribution is 0.121. The second kappa shape index (κ2) is 7.53. The molecule has 0 radical (unpaired) electrons. The molecule has 2 aliphatic heterocycles. The van der Waals surface area contributed by atoms with Crippen LogP contribution in [0.25, 0.3) is 0 Å². The molecule has 3 heterocycles. The summed E-state index contributed by atoms with van der Waals surface area (Å²) >= 11 is 6.43. The van der Waals surface area contributed by atoms with Crippen molar-refractivity contribution >= 4 is 27.5 Å². The Labute approximate surface area is 181 Å². The van der Waals surface area contributed by atoms with Gasteiger partial charge in [-0.3, -0.25) is 5.10 Å². The largest absolute Gasteiger partial charge is 0.324 e. The van der Waals surface area contributed by atoms with Gasteiger partial charge < -0.3 is 9.80 Å². The summed E-state index contributed by atoms with van der Waals surface area (Å²) in [5, 5.41) is 10.9. The Morgan fingerprint density at radius 2 is 1.87 bits per heavy atom. The number of hydrogen-bond donors (Lipinski definition) is 1. The molecule has 2 fully saturated rings. The molecule has 8 nitrogen and oxygen atoms in total. The molecule has 2 saturated heterocycles. The fourth-order valence-electron chi connectivity index (χ4n) is 3.98. The molecule has 162 valence electrons. The number of rotatable bonds is 3. The Morgan fingerprint density at radius 1 is 1.17 bits per heavy atom. The van der Waals surface area contributed by atoms with Crippen molar-refractivity contribution in [2.75, 3.05) is 26.2 Å². The topological polar surface area (TPSA) is 99.3 Å². The first-order valence-corrected chi connectivity index (χ1v) is 11.9. The van der Waals surface area contributed by atoms with Gasteiger partial charge >= 0.3 is 6.03 Å². The Balaban J connectivity index is 1.38. The van der Waals surface area contributed by atoms with Crippen LogP contribution in [0.15, 0.2) is 29.3 Å². The number of hydrogen-bond acceptors (Lipinski definition) is 5. The first kappa shape index (κ1) is 21.1. The third kappa shape index (κ3) is 3.69. The van der Waals surface area contributed by atoms with E-state index in [1.807, 2.05) is 9.80 Å². The van der Waals surface area contributed by atoms with Crippen molar-refractivity contribution in [2.24, 2.45) is 0 Å². The molecule has 0 bridgehead atoms. The van der Waals surface area contributed by atoms with Crippen LogP contribution in [0.4, 0.5) is 4.79 Å². The average molecular weight is 452 g/mol. The van der Waals surface area contributed by atoms with E-state index in [2.05, 4.69) is 15.4 Å². The van der Waals surface area contributed by atoms with Gasteiger partial charge in [0.1, 0.15) is 0 Å². The number of carbonyl (C=O) groups is 1. The molecule has 1 N–H and O–H groups in total. The Kier molecular flexibility index (Phi) is 5.30. The number of halogens is 1. The van der Waals surface area contributed by atoms with Crippen LogP contribution >= 0.6 is 11.6 Å². The fourth-order valence-corrected chi connectivity index (χ4v) is 5.61. The van der Waals surface area contributed by atoms with Gasteiger partial charge in [-0.1, -0.05) is 22.9 Å². The minimum absolute atomic E-state index is 0.0317. The second-order valence-electron chi connectivity index (χ2n) is 9.03. The Morgan fingerprint density at radius 3 is 2.47 bits per heavy atom. The number of sulfone groups is 1. The zero-order valence-corrected chi connectivity index (χ0v) is 18.9. The molecule has 0 aliphatic carbocycles. The third-order valence-corrected chi connectivity index (χ3v) is 8.83. The highest BCUT2D eigenvalue weighted by Gasteiger charge is 2.38. The molecule has 0 spiro atoms. The predicted molar refractivity (Wildman–Crippen MR) is 113 cm³/mol. The van der Waals surface area contributed by atoms with E-state index in [0.29, 0.717) is 31.2 Å². The van der Waals surface area contributed by atoms with Gasteiger partial charge in [0.05, 0.1) is 21.5 Å². The number of urea groups is 1. The molecule has 4 rings (SSSR count). The van der Waals surface area contributed by atoms with Crippen LogP contribution in [0.5, 0.6) is 0 Å². The van der Waals surface area contributed by atoms with Crippen LogP contribution in [-0.2, 0) is 9.84 Å². The number of carbonyl (C=O) groups excluding carboxylic acids is 1. The molecule has 0 unspecified atom stereocenters. The van der Waals surface area contributed by atoms with Crippen LogP contribution in [0.1, 0.15) is 50.3 Å². The van der Waals surface area contributed by atoms with Crippen LogP contribution in [-0.4, -0.2) is 70.6 Å². The van der Waals surface area contributed by atoms with Crippen molar-refractivity contribution in [3.05, 3.63) is 40.7 Å². The molecule has 0 saturated carbocycles. The number of aromatic amines is 1. The summed E-state index contributed by atoms with van der Waals surface area (Å²) in [5.74, 6) is 0.357. The van der Waals surface area contributed by atoms with Crippen molar-refractivity contribution < 1.29 is 13.2 Å². The second-order valence-corrected chi connectivity index (χ2v) is 12.1. The summed E-state index contributed by atoms with van der Waals surface area (Å²) in [5.41, 5.74) is 1.85. The maximum absolute atomic E-state index is 12.8. The lowest BCUT2D eigenvalue weighted by atomic mass is 9.92. The number of aromatic nitrogens is 3. The first-order valence-electron chi connectivity index (χ1n) is 10.0. The van der Waals surface area contributed by atoms with Gasteiger partial charge in [-0.25, -0.2) is 13.2 Å². The van der Waals surface area contributed by atoms with E-state index in [9.17, 15) is 13.2 Å². The van der Waals surface area contributed by atoms with Crippen molar-refractivity contribution in [3.63, 3.8) is 0 Å². The van der Waals surface area contributed by atoms with E-state index < -0.39 is 14.6 Å². The number of H-pyrrole nitrogens is 1. The summed E-state index contributed by atoms with van der Waals surface area (Å²) in [4.78, 5) is 16.7. The van der Waals surface area contributed by atoms with E-state index >= 15 is 0 Å². The first-order chi connectivity index (χ1) is 14.1. The quantitative estimate of drug-likeness (QED) is 0.773. The van der Waals surface area contributed by atoms with Gasteiger partial charge in [0, 0.05) is 43.0 Å². The predicted octanol–water partition coefficient (Wildman–Crippen LogP) is 3.04. The van der Waals surface area contributed by atoms with Gasteiger partial charge in [0.25, 0.3) is 0 Å². The minimum atomic E-state index is -3.46. The monoisotopic (exact) mass is 451 g/mol. The van der Waals surface area contributed by atoms with Crippen molar-refractivity contribution in [1.82, 2.24) is 25.2 Å². The molecule has 1 aromatic heterocycles. The van der Waals surface area contributed by atoms with Crippen LogP contribution < -0.4 is 0 Å². The number of nitrogens with zero attached hydrogens (tertiary/aromatic N) is 4. The van der Waals surface area contributed by atoms with Gasteiger partial charge in [0.2, 0.25) is 0 Å². The van der Waals surface area contributed by atoms with Gasteiger partial charge in [-0.05, 0) is 44.9 Å². The third-order valence-electron chi connectivity index (χ3n) is 6.01. The molecule has 2 aromatic rings. The van der Waals surface area contributed by atoms with E-state index in [1.54, 1.807) is 39.1 Å². The molecule has 2 aliphatic rings. The summed E-state index contributed by atoms with van der Waals surface area (Å²) in [6, 6.07) is 4.97. The average Bonchev–Trinajstić information content (AvgIpc) is 3.32. The van der Waals surface area contributed by atoms with Gasteiger partial charge in [0.15, 0.2) is 9.84 Å². The smallest absolute Gasteiger partial charge is 0.320 e. The Hall–Kier alpha value is -2.13. The number of amides is 2. The van der Waals surface area contributed by atoms with E-state index in [-0.39, 0.29) is 22.8 Å². The summed E-state index contributed by atoms with van der Waals surface area (Å²) in [6.45, 7) is 7.54. The molecular weight excluding hydrogens is 426 g/mol. The summed E-state index contributed by atoms with van der Waals surface area (Å²) < 4.78 is 24.4. The molecule has 10 heteroatoms. The maximum Gasteiger partial charge on any atom is 0.320 e. The molecule has 30 heavy (non-hydrogen) atoms. The van der Waals surface area contributed by atoms with Crippen LogP contribution in [0.2, 0.25) is 5.02 Å². The van der Waals surface area contributed by atoms with E-state index in [0.717, 1.165) is 17.7 Å². The minimum Gasteiger partial charge on any atom is -0.324 e. The number of nitrogens with one attached hydrogen (secondary N) is 1. The van der Waals surface area contributed by atoms with Gasteiger partial charge in [-0.2, -0.15) is 0 Å². The molecule has 2 amide bonds. The summed E-state index contributed by atoms with van der Waals surface area (Å²) in [7, 11) is -3.46. The normalized spacial score (nSPS) is 20.5. The zero-order valence-electron chi connectivity index (χ0n) is 17.3. The highest BCUT2D eigenvalue weighted by molar-refractivity contribution is 7.92. The van der Waals surface area contributed by atoms with Crippen molar-refractivity contribution in [2.45, 2.75) is 48.7 Å². The Bertz CT molecular complexity index is 1040. The maximum atomic E-state index is 12.8. The van der Waals surface area contributed by atoms with E-state index in [4.69, 9.17) is 11.6 Å².